The van der Waals surface area contributed by atoms with E-state index in [0.29, 0.717) is 6.42 Å². The first-order chi connectivity index (χ1) is 4.52. The fourth-order valence-electron chi connectivity index (χ4n) is 0.689. The highest BCUT2D eigenvalue weighted by Crippen LogP contribution is 2.14. The molecule has 2 unspecified atom stereocenters. The fraction of sp³-hybridized carbons (Fsp3) is 1.00. The molecule has 3 nitrogen and oxygen atoms in total. The van der Waals surface area contributed by atoms with Crippen LogP contribution < -0.4 is 0 Å². The molecule has 0 aromatic heterocycles. The molecule has 2 atom stereocenters. The molecule has 0 aromatic rings. The minimum atomic E-state index is -1.31. The number of hydrogen-bond acceptors (Lipinski definition) is 2. The quantitative estimate of drug-likeness (QED) is 0.560. The molecule has 0 N–H and O–H groups in total. The van der Waals surface area contributed by atoms with Crippen LogP contribution in [0.25, 0.3) is 0 Å². The average Bonchev–Trinajstić information content (AvgIpc) is 1.87. The predicted octanol–water partition coefficient (Wildman–Crippen LogP) is 1.20. The molecule has 0 saturated heterocycles. The van der Waals surface area contributed by atoms with Gasteiger partial charge in [0.05, 0.1) is 6.10 Å². The number of hydrogen-bond donors (Lipinski definition) is 0. The molecular weight excluding hydrogens is 132 g/mol. The molecule has 0 aliphatic heterocycles. The van der Waals surface area contributed by atoms with E-state index in [9.17, 15) is 5.11 Å². The Morgan fingerprint density at radius 2 is 2.00 bits per heavy atom. The second-order valence-corrected chi connectivity index (χ2v) is 2.59. The Bertz CT molecular complexity index is 90.9. The van der Waals surface area contributed by atoms with Crippen LogP contribution in [0.1, 0.15) is 20.3 Å². The normalized spacial score (nSPS) is 20.1. The maximum absolute atomic E-state index is 11.1. The van der Waals surface area contributed by atoms with Gasteiger partial charge >= 0.3 is 0 Å². The molecule has 61 valence electrons. The van der Waals surface area contributed by atoms with Gasteiger partial charge in [-0.1, -0.05) is 0 Å². The molecule has 1 radical (unpaired) electrons. The summed E-state index contributed by atoms with van der Waals surface area (Å²) in [5, 5.41) is 11.1. The van der Waals surface area contributed by atoms with Gasteiger partial charge in [0.15, 0.2) is 0 Å². The maximum atomic E-state index is 11.1. The molecule has 0 rings (SSSR count). The Morgan fingerprint density at radius 3 is 2.30 bits per heavy atom. The molecule has 0 aromatic carbocycles. The van der Waals surface area contributed by atoms with Crippen molar-refractivity contribution in [2.45, 2.75) is 32.2 Å². The van der Waals surface area contributed by atoms with E-state index in [-0.39, 0.29) is 6.10 Å². The van der Waals surface area contributed by atoms with Crippen LogP contribution in [-0.2, 0) is 14.6 Å². The standard InChI is InChI=1S/C7H15O3/c1-6(9-3)5-7(2,8)10-4/h6H,5H2,1-4H3. The summed E-state index contributed by atoms with van der Waals surface area (Å²) in [6, 6.07) is 0. The summed E-state index contributed by atoms with van der Waals surface area (Å²) in [4.78, 5) is 0. The lowest BCUT2D eigenvalue weighted by Crippen LogP contribution is -2.29. The van der Waals surface area contributed by atoms with Gasteiger partial charge in [-0.15, -0.1) is 0 Å². The van der Waals surface area contributed by atoms with Crippen LogP contribution in [0, 0.1) is 0 Å². The van der Waals surface area contributed by atoms with Crippen LogP contribution in [0.3, 0.4) is 0 Å². The molecule has 0 heterocycles. The summed E-state index contributed by atoms with van der Waals surface area (Å²) in [5.74, 6) is -1.31. The van der Waals surface area contributed by atoms with Crippen molar-refractivity contribution >= 4 is 0 Å². The zero-order valence-corrected chi connectivity index (χ0v) is 7.01. The van der Waals surface area contributed by atoms with Crippen molar-refractivity contribution in [1.29, 1.82) is 0 Å². The maximum Gasteiger partial charge on any atom is 0.201 e. The molecule has 0 aliphatic carbocycles. The zero-order valence-electron chi connectivity index (χ0n) is 7.01. The van der Waals surface area contributed by atoms with Crippen molar-refractivity contribution in [2.75, 3.05) is 14.2 Å². The van der Waals surface area contributed by atoms with Gasteiger partial charge in [-0.25, -0.2) is 0 Å². The SMILES string of the molecule is COC(C)CC(C)([O])OC. The summed E-state index contributed by atoms with van der Waals surface area (Å²) in [7, 11) is 2.99. The molecule has 0 spiro atoms. The number of ether oxygens (including phenoxy) is 2. The minimum Gasteiger partial charge on any atom is -0.382 e. The molecule has 0 fully saturated rings. The van der Waals surface area contributed by atoms with E-state index in [0.717, 1.165) is 0 Å². The van der Waals surface area contributed by atoms with Crippen molar-refractivity contribution in [2.24, 2.45) is 0 Å². The first kappa shape index (κ1) is 9.88. The molecule has 0 amide bonds. The van der Waals surface area contributed by atoms with E-state index >= 15 is 0 Å². The Balaban J connectivity index is 3.64. The van der Waals surface area contributed by atoms with Gasteiger partial charge in [0.25, 0.3) is 0 Å². The van der Waals surface area contributed by atoms with Gasteiger partial charge in [-0.3, -0.25) is 0 Å². The van der Waals surface area contributed by atoms with Gasteiger partial charge < -0.3 is 9.47 Å². The van der Waals surface area contributed by atoms with Crippen molar-refractivity contribution in [1.82, 2.24) is 0 Å². The van der Waals surface area contributed by atoms with E-state index < -0.39 is 5.79 Å². The van der Waals surface area contributed by atoms with Gasteiger partial charge in [0, 0.05) is 20.6 Å². The van der Waals surface area contributed by atoms with Crippen molar-refractivity contribution in [3.8, 4) is 0 Å². The highest BCUT2D eigenvalue weighted by molar-refractivity contribution is 4.63. The van der Waals surface area contributed by atoms with Crippen LogP contribution in [0.2, 0.25) is 0 Å². The monoisotopic (exact) mass is 147 g/mol. The Hall–Kier alpha value is -0.120. The van der Waals surface area contributed by atoms with E-state index in [1.165, 1.54) is 14.0 Å². The van der Waals surface area contributed by atoms with E-state index in [1.54, 1.807) is 7.11 Å². The van der Waals surface area contributed by atoms with Crippen LogP contribution in [0.5, 0.6) is 0 Å². The van der Waals surface area contributed by atoms with Crippen LogP contribution >= 0.6 is 0 Å². The topological polar surface area (TPSA) is 38.4 Å². The minimum absolute atomic E-state index is 0.0394. The first-order valence-corrected chi connectivity index (χ1v) is 3.30. The molecule has 0 bridgehead atoms. The first-order valence-electron chi connectivity index (χ1n) is 3.30. The largest absolute Gasteiger partial charge is 0.382 e. The number of methoxy groups -OCH3 is 2. The Morgan fingerprint density at radius 1 is 1.50 bits per heavy atom. The van der Waals surface area contributed by atoms with Crippen molar-refractivity contribution in [3.05, 3.63) is 0 Å². The van der Waals surface area contributed by atoms with Gasteiger partial charge in [0.1, 0.15) is 0 Å². The van der Waals surface area contributed by atoms with Crippen molar-refractivity contribution in [3.63, 3.8) is 0 Å². The average molecular weight is 147 g/mol. The molecule has 3 heteroatoms. The summed E-state index contributed by atoms with van der Waals surface area (Å²) < 4.78 is 9.58. The van der Waals surface area contributed by atoms with Crippen molar-refractivity contribution < 1.29 is 14.6 Å². The van der Waals surface area contributed by atoms with Crippen LogP contribution in [0.4, 0.5) is 0 Å². The lowest BCUT2D eigenvalue weighted by molar-refractivity contribution is -0.227. The molecule has 0 saturated carbocycles. The second kappa shape index (κ2) is 3.91. The summed E-state index contributed by atoms with van der Waals surface area (Å²) >= 11 is 0. The van der Waals surface area contributed by atoms with Gasteiger partial charge in [-0.2, -0.15) is 5.11 Å². The molecule has 10 heavy (non-hydrogen) atoms. The second-order valence-electron chi connectivity index (χ2n) is 2.59. The number of rotatable bonds is 4. The predicted molar refractivity (Wildman–Crippen MR) is 37.2 cm³/mol. The van der Waals surface area contributed by atoms with E-state index in [2.05, 4.69) is 4.74 Å². The van der Waals surface area contributed by atoms with E-state index in [4.69, 9.17) is 4.74 Å². The van der Waals surface area contributed by atoms with E-state index in [1.807, 2.05) is 6.92 Å². The van der Waals surface area contributed by atoms with Crippen LogP contribution in [0.15, 0.2) is 0 Å². The summed E-state index contributed by atoms with van der Waals surface area (Å²) in [6.45, 7) is 3.34. The Labute approximate surface area is 62.0 Å². The Kier molecular flexibility index (Phi) is 3.86. The lowest BCUT2D eigenvalue weighted by Gasteiger charge is -2.21. The summed E-state index contributed by atoms with van der Waals surface area (Å²) in [5.41, 5.74) is 0. The highest BCUT2D eigenvalue weighted by atomic mass is 16.6. The highest BCUT2D eigenvalue weighted by Gasteiger charge is 2.24. The summed E-state index contributed by atoms with van der Waals surface area (Å²) in [6.07, 6.45) is 0.336. The molecule has 0 aliphatic rings. The fourth-order valence-corrected chi connectivity index (χ4v) is 0.689. The lowest BCUT2D eigenvalue weighted by atomic mass is 10.1. The third-order valence-corrected chi connectivity index (χ3v) is 1.49. The third-order valence-electron chi connectivity index (χ3n) is 1.49. The third kappa shape index (κ3) is 3.82. The van der Waals surface area contributed by atoms with Gasteiger partial charge in [0.2, 0.25) is 5.79 Å². The van der Waals surface area contributed by atoms with Gasteiger partial charge in [-0.05, 0) is 13.8 Å². The molecular formula is C7H15O3. The smallest absolute Gasteiger partial charge is 0.201 e. The van der Waals surface area contributed by atoms with Crippen LogP contribution in [-0.4, -0.2) is 26.1 Å². The zero-order chi connectivity index (χ0) is 8.20.